The SMILES string of the molecule is CCN[C@H](C)CNC(=O)COc1ccc(F)c(Cl)c1.Cl. The number of likely N-dealkylation sites (N-methyl/N-ethyl adjacent to an activating group) is 1. The lowest BCUT2D eigenvalue weighted by molar-refractivity contribution is -0.123. The zero-order valence-electron chi connectivity index (χ0n) is 11.4. The summed E-state index contributed by atoms with van der Waals surface area (Å²) in [5, 5.41) is 5.87. The Morgan fingerprint density at radius 2 is 2.20 bits per heavy atom. The molecule has 0 aliphatic carbocycles. The third-order valence-corrected chi connectivity index (χ3v) is 2.71. The summed E-state index contributed by atoms with van der Waals surface area (Å²) in [7, 11) is 0. The van der Waals surface area contributed by atoms with Crippen LogP contribution in [0.3, 0.4) is 0 Å². The predicted molar refractivity (Wildman–Crippen MR) is 80.3 cm³/mol. The Hall–Kier alpha value is -1.04. The van der Waals surface area contributed by atoms with Gasteiger partial charge in [0.2, 0.25) is 0 Å². The van der Waals surface area contributed by atoms with Crippen LogP contribution in [-0.4, -0.2) is 31.6 Å². The summed E-state index contributed by atoms with van der Waals surface area (Å²) in [6, 6.07) is 4.17. The van der Waals surface area contributed by atoms with Crippen molar-refractivity contribution in [3.63, 3.8) is 0 Å². The molecule has 0 heterocycles. The third kappa shape index (κ3) is 6.93. The maximum Gasteiger partial charge on any atom is 0.257 e. The van der Waals surface area contributed by atoms with Crippen molar-refractivity contribution < 1.29 is 13.9 Å². The summed E-state index contributed by atoms with van der Waals surface area (Å²) in [5.74, 6) is -0.385. The lowest BCUT2D eigenvalue weighted by Gasteiger charge is -2.13. The lowest BCUT2D eigenvalue weighted by Crippen LogP contribution is -2.40. The maximum absolute atomic E-state index is 12.9. The van der Waals surface area contributed by atoms with Gasteiger partial charge in [-0.25, -0.2) is 4.39 Å². The number of amides is 1. The highest BCUT2D eigenvalue weighted by Gasteiger charge is 2.06. The molecule has 4 nitrogen and oxygen atoms in total. The Kier molecular flexibility index (Phi) is 9.29. The smallest absolute Gasteiger partial charge is 0.257 e. The summed E-state index contributed by atoms with van der Waals surface area (Å²) in [6.45, 7) is 5.23. The summed E-state index contributed by atoms with van der Waals surface area (Å²) in [6.07, 6.45) is 0. The van der Waals surface area contributed by atoms with Crippen molar-refractivity contribution >= 4 is 29.9 Å². The molecule has 0 aliphatic rings. The quantitative estimate of drug-likeness (QED) is 0.809. The number of carbonyl (C=O) groups is 1. The number of halogens is 3. The van der Waals surface area contributed by atoms with Crippen molar-refractivity contribution in [3.8, 4) is 5.75 Å². The molecular weight excluding hydrogens is 306 g/mol. The molecule has 0 radical (unpaired) electrons. The van der Waals surface area contributed by atoms with Gasteiger partial charge in [-0.05, 0) is 25.6 Å². The van der Waals surface area contributed by atoms with E-state index < -0.39 is 5.82 Å². The summed E-state index contributed by atoms with van der Waals surface area (Å²) in [4.78, 5) is 11.5. The normalized spacial score (nSPS) is 11.4. The predicted octanol–water partition coefficient (Wildman–Crippen LogP) is 2.39. The maximum atomic E-state index is 12.9. The number of ether oxygens (including phenoxy) is 1. The van der Waals surface area contributed by atoms with Crippen LogP contribution in [0.5, 0.6) is 5.75 Å². The number of hydrogen-bond acceptors (Lipinski definition) is 3. The minimum absolute atomic E-state index is 0. The van der Waals surface area contributed by atoms with Crippen molar-refractivity contribution in [1.29, 1.82) is 0 Å². The minimum atomic E-state index is -0.516. The van der Waals surface area contributed by atoms with Gasteiger partial charge in [0.25, 0.3) is 5.91 Å². The minimum Gasteiger partial charge on any atom is -0.484 e. The Morgan fingerprint density at radius 1 is 1.50 bits per heavy atom. The highest BCUT2D eigenvalue weighted by molar-refractivity contribution is 6.30. The van der Waals surface area contributed by atoms with Gasteiger partial charge in [0.1, 0.15) is 11.6 Å². The first-order valence-corrected chi connectivity index (χ1v) is 6.48. The Balaban J connectivity index is 0.00000361. The summed E-state index contributed by atoms with van der Waals surface area (Å²) >= 11 is 5.60. The van der Waals surface area contributed by atoms with Crippen LogP contribution in [0.4, 0.5) is 4.39 Å². The van der Waals surface area contributed by atoms with Gasteiger partial charge in [-0.15, -0.1) is 12.4 Å². The van der Waals surface area contributed by atoms with Crippen LogP contribution >= 0.6 is 24.0 Å². The van der Waals surface area contributed by atoms with Gasteiger partial charge in [-0.1, -0.05) is 18.5 Å². The van der Waals surface area contributed by atoms with Gasteiger partial charge in [0.15, 0.2) is 6.61 Å². The molecule has 1 rings (SSSR count). The van der Waals surface area contributed by atoms with Crippen molar-refractivity contribution in [2.75, 3.05) is 19.7 Å². The fourth-order valence-corrected chi connectivity index (χ4v) is 1.62. The molecule has 1 amide bonds. The third-order valence-electron chi connectivity index (χ3n) is 2.42. The number of benzene rings is 1. The molecule has 20 heavy (non-hydrogen) atoms. The monoisotopic (exact) mass is 324 g/mol. The van der Waals surface area contributed by atoms with E-state index >= 15 is 0 Å². The molecular formula is C13H19Cl2FN2O2. The molecule has 0 aliphatic heterocycles. The average molecular weight is 325 g/mol. The van der Waals surface area contributed by atoms with Crippen LogP contribution < -0.4 is 15.4 Å². The van der Waals surface area contributed by atoms with Crippen LogP contribution in [0.2, 0.25) is 5.02 Å². The van der Waals surface area contributed by atoms with Crippen molar-refractivity contribution in [3.05, 3.63) is 29.0 Å². The Morgan fingerprint density at radius 3 is 2.80 bits per heavy atom. The van der Waals surface area contributed by atoms with E-state index in [4.69, 9.17) is 16.3 Å². The molecule has 0 saturated heterocycles. The average Bonchev–Trinajstić information content (AvgIpc) is 2.38. The van der Waals surface area contributed by atoms with Gasteiger partial charge in [-0.3, -0.25) is 4.79 Å². The highest BCUT2D eigenvalue weighted by Crippen LogP contribution is 2.20. The van der Waals surface area contributed by atoms with E-state index in [9.17, 15) is 9.18 Å². The Bertz CT molecular complexity index is 433. The fourth-order valence-electron chi connectivity index (χ4n) is 1.45. The van der Waals surface area contributed by atoms with E-state index in [-0.39, 0.29) is 36.0 Å². The molecule has 0 spiro atoms. The standard InChI is InChI=1S/C13H18ClFN2O2.ClH/c1-3-16-9(2)7-17-13(18)8-19-10-4-5-12(15)11(14)6-10;/h4-6,9,16H,3,7-8H2,1-2H3,(H,17,18);1H/t9-;/m1./s1. The van der Waals surface area contributed by atoms with Gasteiger partial charge in [-0.2, -0.15) is 0 Å². The highest BCUT2D eigenvalue weighted by atomic mass is 35.5. The van der Waals surface area contributed by atoms with E-state index in [1.54, 1.807) is 0 Å². The largest absolute Gasteiger partial charge is 0.484 e. The van der Waals surface area contributed by atoms with Gasteiger partial charge >= 0.3 is 0 Å². The molecule has 114 valence electrons. The zero-order valence-corrected chi connectivity index (χ0v) is 13.0. The molecule has 1 atom stereocenters. The molecule has 0 bridgehead atoms. The number of rotatable bonds is 7. The molecule has 0 fully saturated rings. The molecule has 7 heteroatoms. The molecule has 1 aromatic rings. The fraction of sp³-hybridized carbons (Fsp3) is 0.462. The van der Waals surface area contributed by atoms with Crippen molar-refractivity contribution in [2.24, 2.45) is 0 Å². The van der Waals surface area contributed by atoms with E-state index in [1.165, 1.54) is 18.2 Å². The zero-order chi connectivity index (χ0) is 14.3. The molecule has 0 aromatic heterocycles. The second-order valence-electron chi connectivity index (χ2n) is 4.13. The van der Waals surface area contributed by atoms with E-state index in [0.717, 1.165) is 6.54 Å². The van der Waals surface area contributed by atoms with Gasteiger partial charge in [0, 0.05) is 18.7 Å². The van der Waals surface area contributed by atoms with E-state index in [1.807, 2.05) is 13.8 Å². The van der Waals surface area contributed by atoms with Crippen molar-refractivity contribution in [1.82, 2.24) is 10.6 Å². The first kappa shape index (κ1) is 19.0. The number of nitrogens with one attached hydrogen (secondary N) is 2. The van der Waals surface area contributed by atoms with Gasteiger partial charge < -0.3 is 15.4 Å². The van der Waals surface area contributed by atoms with Crippen LogP contribution in [0, 0.1) is 5.82 Å². The lowest BCUT2D eigenvalue weighted by atomic mass is 10.3. The van der Waals surface area contributed by atoms with Crippen LogP contribution in [0.15, 0.2) is 18.2 Å². The molecule has 0 unspecified atom stereocenters. The first-order valence-electron chi connectivity index (χ1n) is 6.10. The second kappa shape index (κ2) is 9.80. The molecule has 1 aromatic carbocycles. The van der Waals surface area contributed by atoms with Crippen LogP contribution in [0.25, 0.3) is 0 Å². The molecule has 0 saturated carbocycles. The van der Waals surface area contributed by atoms with E-state index in [0.29, 0.717) is 12.3 Å². The Labute approximate surface area is 129 Å². The summed E-state index contributed by atoms with van der Waals surface area (Å²) in [5.41, 5.74) is 0. The van der Waals surface area contributed by atoms with Gasteiger partial charge in [0.05, 0.1) is 5.02 Å². The topological polar surface area (TPSA) is 50.4 Å². The summed E-state index contributed by atoms with van der Waals surface area (Å²) < 4.78 is 18.1. The second-order valence-corrected chi connectivity index (χ2v) is 4.53. The molecule has 2 N–H and O–H groups in total. The van der Waals surface area contributed by atoms with Crippen LogP contribution in [-0.2, 0) is 4.79 Å². The first-order chi connectivity index (χ1) is 9.02. The number of carbonyl (C=O) groups excluding carboxylic acids is 1. The van der Waals surface area contributed by atoms with E-state index in [2.05, 4.69) is 10.6 Å². The van der Waals surface area contributed by atoms with Crippen LogP contribution in [0.1, 0.15) is 13.8 Å². The van der Waals surface area contributed by atoms with Crippen molar-refractivity contribution in [2.45, 2.75) is 19.9 Å². The number of hydrogen-bond donors (Lipinski definition) is 2.